The summed E-state index contributed by atoms with van der Waals surface area (Å²) in [4.78, 5) is 13.2. The number of rotatable bonds is 8. The summed E-state index contributed by atoms with van der Waals surface area (Å²) >= 11 is 0. The highest BCUT2D eigenvalue weighted by atomic mass is 32.2. The van der Waals surface area contributed by atoms with Crippen LogP contribution >= 0.6 is 0 Å². The molecule has 1 fully saturated rings. The highest BCUT2D eigenvalue weighted by molar-refractivity contribution is 7.89. The van der Waals surface area contributed by atoms with Gasteiger partial charge in [0.1, 0.15) is 0 Å². The van der Waals surface area contributed by atoms with Crippen LogP contribution in [0.5, 0.6) is 11.5 Å². The molecule has 182 valence electrons. The lowest BCUT2D eigenvalue weighted by Crippen LogP contribution is -2.45. The third-order valence-corrected chi connectivity index (χ3v) is 8.11. The van der Waals surface area contributed by atoms with Crippen LogP contribution in [0.4, 0.5) is 0 Å². The Kier molecular flexibility index (Phi) is 7.13. The Bertz CT molecular complexity index is 1280. The molecule has 1 atom stereocenters. The molecule has 0 spiro atoms. The molecule has 34 heavy (non-hydrogen) atoms. The molecule has 8 nitrogen and oxygen atoms in total. The van der Waals surface area contributed by atoms with Gasteiger partial charge in [0, 0.05) is 43.8 Å². The molecule has 9 heteroatoms. The summed E-state index contributed by atoms with van der Waals surface area (Å²) in [5.74, 6) is 0.724. The maximum absolute atomic E-state index is 13.3. The second kappa shape index (κ2) is 10.1. The largest absolute Gasteiger partial charge is 0.493 e. The maximum Gasteiger partial charge on any atom is 0.243 e. The minimum absolute atomic E-state index is 0.146. The van der Waals surface area contributed by atoms with E-state index in [0.29, 0.717) is 44.0 Å². The second-order valence-electron chi connectivity index (χ2n) is 8.49. The number of nitrogens with one attached hydrogen (secondary N) is 1. The Balaban J connectivity index is 1.42. The van der Waals surface area contributed by atoms with Crippen molar-refractivity contribution in [2.75, 3.05) is 26.8 Å². The molecule has 1 aliphatic heterocycles. The van der Waals surface area contributed by atoms with Crippen molar-refractivity contribution in [1.82, 2.24) is 14.2 Å². The van der Waals surface area contributed by atoms with Crippen LogP contribution in [0.3, 0.4) is 0 Å². The molecule has 1 aliphatic rings. The molecule has 0 radical (unpaired) electrons. The van der Waals surface area contributed by atoms with Gasteiger partial charge < -0.3 is 19.4 Å². The summed E-state index contributed by atoms with van der Waals surface area (Å²) in [7, 11) is -0.176. The Morgan fingerprint density at radius 1 is 1.15 bits per heavy atom. The molecule has 1 saturated heterocycles. The number of benzene rings is 2. The Hall–Kier alpha value is -3.04. The number of sulfonamides is 1. The van der Waals surface area contributed by atoms with Gasteiger partial charge in [-0.05, 0) is 61.7 Å². The van der Waals surface area contributed by atoms with Gasteiger partial charge >= 0.3 is 0 Å². The van der Waals surface area contributed by atoms with Crippen LogP contribution in [-0.4, -0.2) is 50.0 Å². The quantitative estimate of drug-likeness (QED) is 0.529. The first kappa shape index (κ1) is 24.1. The maximum atomic E-state index is 13.3. The number of ether oxygens (including phenoxy) is 2. The van der Waals surface area contributed by atoms with E-state index in [1.165, 1.54) is 4.31 Å². The molecular weight excluding hydrogens is 454 g/mol. The van der Waals surface area contributed by atoms with Crippen molar-refractivity contribution in [2.24, 2.45) is 13.0 Å². The lowest BCUT2D eigenvalue weighted by Gasteiger charge is -2.31. The number of hydrogen-bond acceptors (Lipinski definition) is 5. The smallest absolute Gasteiger partial charge is 0.243 e. The Labute approximate surface area is 200 Å². The minimum atomic E-state index is -3.68. The van der Waals surface area contributed by atoms with E-state index in [9.17, 15) is 13.2 Å². The lowest BCUT2D eigenvalue weighted by molar-refractivity contribution is -0.126. The van der Waals surface area contributed by atoms with E-state index in [-0.39, 0.29) is 17.3 Å². The Morgan fingerprint density at radius 2 is 1.97 bits per heavy atom. The monoisotopic (exact) mass is 485 g/mol. The van der Waals surface area contributed by atoms with E-state index in [1.54, 1.807) is 19.2 Å². The highest BCUT2D eigenvalue weighted by Gasteiger charge is 2.33. The van der Waals surface area contributed by atoms with Crippen molar-refractivity contribution in [3.05, 3.63) is 54.2 Å². The molecule has 1 amide bonds. The first-order valence-electron chi connectivity index (χ1n) is 11.5. The van der Waals surface area contributed by atoms with E-state index < -0.39 is 15.9 Å². The molecule has 0 aliphatic carbocycles. The van der Waals surface area contributed by atoms with Crippen molar-refractivity contribution in [2.45, 2.75) is 31.2 Å². The number of fused-ring (bicyclic) bond motifs is 1. The van der Waals surface area contributed by atoms with Crippen LogP contribution in [0, 0.1) is 5.92 Å². The van der Waals surface area contributed by atoms with Crippen molar-refractivity contribution < 1.29 is 22.7 Å². The fourth-order valence-corrected chi connectivity index (χ4v) is 5.94. The third-order valence-electron chi connectivity index (χ3n) is 6.24. The molecule has 1 aromatic heterocycles. The van der Waals surface area contributed by atoms with Crippen LogP contribution in [0.2, 0.25) is 0 Å². The third kappa shape index (κ3) is 4.90. The number of methoxy groups -OCH3 is 1. The van der Waals surface area contributed by atoms with Gasteiger partial charge in [0.15, 0.2) is 11.5 Å². The minimum Gasteiger partial charge on any atom is -0.493 e. The number of aromatic nitrogens is 1. The summed E-state index contributed by atoms with van der Waals surface area (Å²) in [6.07, 6.45) is 3.20. The SMILES string of the molecule is CCOc1cc(CNC(=O)[C@@H]2CCCN(S(=O)(=O)c3ccc4c(ccn4C)c3)C2)ccc1OC. The van der Waals surface area contributed by atoms with E-state index >= 15 is 0 Å². The summed E-state index contributed by atoms with van der Waals surface area (Å²) in [5, 5.41) is 3.83. The first-order valence-corrected chi connectivity index (χ1v) is 12.9. The highest BCUT2D eigenvalue weighted by Crippen LogP contribution is 2.29. The number of piperidine rings is 1. The van der Waals surface area contributed by atoms with Gasteiger partial charge in [-0.3, -0.25) is 4.79 Å². The van der Waals surface area contributed by atoms with Crippen LogP contribution in [0.15, 0.2) is 53.6 Å². The van der Waals surface area contributed by atoms with Crippen LogP contribution in [0.1, 0.15) is 25.3 Å². The van der Waals surface area contributed by atoms with E-state index in [1.807, 2.05) is 55.1 Å². The van der Waals surface area contributed by atoms with E-state index in [4.69, 9.17) is 9.47 Å². The van der Waals surface area contributed by atoms with Gasteiger partial charge in [0.2, 0.25) is 15.9 Å². The van der Waals surface area contributed by atoms with E-state index in [2.05, 4.69) is 5.32 Å². The van der Waals surface area contributed by atoms with Crippen LogP contribution in [0.25, 0.3) is 10.9 Å². The van der Waals surface area contributed by atoms with Gasteiger partial charge in [-0.15, -0.1) is 0 Å². The average Bonchev–Trinajstić information content (AvgIpc) is 3.23. The van der Waals surface area contributed by atoms with Crippen molar-refractivity contribution in [1.29, 1.82) is 0 Å². The Morgan fingerprint density at radius 3 is 2.74 bits per heavy atom. The average molecular weight is 486 g/mol. The van der Waals surface area contributed by atoms with Crippen LogP contribution in [-0.2, 0) is 28.4 Å². The molecule has 0 bridgehead atoms. The van der Waals surface area contributed by atoms with Gasteiger partial charge in [0.25, 0.3) is 0 Å². The molecule has 3 aromatic rings. The molecule has 1 N–H and O–H groups in total. The first-order chi connectivity index (χ1) is 16.3. The van der Waals surface area contributed by atoms with Gasteiger partial charge in [-0.1, -0.05) is 6.07 Å². The molecule has 2 aromatic carbocycles. The normalized spacial score (nSPS) is 17.0. The molecule has 0 saturated carbocycles. The molecule has 2 heterocycles. The summed E-state index contributed by atoms with van der Waals surface area (Å²) in [6.45, 7) is 3.32. The van der Waals surface area contributed by atoms with Crippen molar-refractivity contribution in [3.8, 4) is 11.5 Å². The standard InChI is InChI=1S/C25H31N3O5S/c1-4-33-24-14-18(7-10-23(24)32-3)16-26-25(29)20-6-5-12-28(17-20)34(30,31)21-8-9-22-19(15-21)11-13-27(22)2/h7-11,13-15,20H,4-6,12,16-17H2,1-3H3,(H,26,29)/t20-/m1/s1. The number of aryl methyl sites for hydroxylation is 1. The second-order valence-corrected chi connectivity index (χ2v) is 10.4. The molecule has 4 rings (SSSR count). The number of carbonyl (C=O) groups is 1. The topological polar surface area (TPSA) is 89.9 Å². The molecular formula is C25H31N3O5S. The lowest BCUT2D eigenvalue weighted by atomic mass is 9.98. The number of carbonyl (C=O) groups excluding carboxylic acids is 1. The fraction of sp³-hybridized carbons (Fsp3) is 0.400. The summed E-state index contributed by atoms with van der Waals surface area (Å²) in [6, 6.07) is 12.6. The van der Waals surface area contributed by atoms with Gasteiger partial charge in [0.05, 0.1) is 24.5 Å². The summed E-state index contributed by atoms with van der Waals surface area (Å²) < 4.78 is 40.9. The molecule has 0 unspecified atom stereocenters. The van der Waals surface area contributed by atoms with Crippen LogP contribution < -0.4 is 14.8 Å². The predicted octanol–water partition coefficient (Wildman–Crippen LogP) is 3.30. The van der Waals surface area contributed by atoms with Crippen molar-refractivity contribution in [3.63, 3.8) is 0 Å². The zero-order chi connectivity index (χ0) is 24.3. The zero-order valence-electron chi connectivity index (χ0n) is 19.8. The number of nitrogens with zero attached hydrogens (tertiary/aromatic N) is 2. The van der Waals surface area contributed by atoms with Crippen molar-refractivity contribution >= 4 is 26.8 Å². The fourth-order valence-electron chi connectivity index (χ4n) is 4.38. The van der Waals surface area contributed by atoms with E-state index in [0.717, 1.165) is 16.5 Å². The zero-order valence-corrected chi connectivity index (χ0v) is 20.6. The van der Waals surface area contributed by atoms with Gasteiger partial charge in [-0.2, -0.15) is 4.31 Å². The predicted molar refractivity (Wildman–Crippen MR) is 130 cm³/mol. The number of hydrogen-bond donors (Lipinski definition) is 1. The van der Waals surface area contributed by atoms with Gasteiger partial charge in [-0.25, -0.2) is 8.42 Å². The summed E-state index contributed by atoms with van der Waals surface area (Å²) in [5.41, 5.74) is 1.86. The number of amides is 1.